The van der Waals surface area contributed by atoms with E-state index in [0.29, 0.717) is 5.69 Å². The number of fused-ring (bicyclic) bond motifs is 1. The second-order valence-electron chi connectivity index (χ2n) is 6.20. The van der Waals surface area contributed by atoms with Crippen molar-refractivity contribution in [1.82, 2.24) is 0 Å². The first-order valence-corrected chi connectivity index (χ1v) is 8.25. The number of nitrogens with one attached hydrogen (secondary N) is 1. The third-order valence-electron chi connectivity index (χ3n) is 3.71. The van der Waals surface area contributed by atoms with Crippen LogP contribution >= 0.6 is 11.9 Å². The lowest BCUT2D eigenvalue weighted by Gasteiger charge is -2.18. The fourth-order valence-electron chi connectivity index (χ4n) is 2.65. The van der Waals surface area contributed by atoms with Gasteiger partial charge in [-0.25, -0.2) is 0 Å². The molecule has 1 heterocycles. The van der Waals surface area contributed by atoms with Crippen LogP contribution in [0.1, 0.15) is 19.4 Å². The Morgan fingerprint density at radius 3 is 2.60 bits per heavy atom. The smallest absolute Gasteiger partial charge is 0.291 e. The highest BCUT2D eigenvalue weighted by Gasteiger charge is 2.32. The molecule has 8 nitrogen and oxygen atoms in total. The van der Waals surface area contributed by atoms with Crippen LogP contribution in [-0.4, -0.2) is 15.4 Å². The van der Waals surface area contributed by atoms with Crippen LogP contribution in [0.25, 0.3) is 0 Å². The lowest BCUT2D eigenvalue weighted by atomic mass is 10.0. The Morgan fingerprint density at radius 2 is 1.92 bits per heavy atom. The second-order valence-corrected chi connectivity index (χ2v) is 7.05. The van der Waals surface area contributed by atoms with Gasteiger partial charge in [0.1, 0.15) is 16.2 Å². The molecule has 2 aromatic rings. The lowest BCUT2D eigenvalue weighted by molar-refractivity contribution is -0.396. The summed E-state index contributed by atoms with van der Waals surface area (Å²) in [4.78, 5) is 21.0. The van der Waals surface area contributed by atoms with Crippen LogP contribution in [0.15, 0.2) is 41.3 Å². The first-order valence-electron chi connectivity index (χ1n) is 7.43. The summed E-state index contributed by atoms with van der Waals surface area (Å²) in [5.41, 5.74) is 0.834. The minimum absolute atomic E-state index is 0.283. The molecule has 3 rings (SSSR count). The molecule has 25 heavy (non-hydrogen) atoms. The molecule has 0 atom stereocenters. The fraction of sp³-hybridized carbons (Fsp3) is 0.250. The van der Waals surface area contributed by atoms with Crippen molar-refractivity contribution < 1.29 is 14.6 Å². The van der Waals surface area contributed by atoms with Gasteiger partial charge in [-0.15, -0.1) is 0 Å². The molecule has 1 aliphatic rings. The largest absolute Gasteiger partial charge is 0.485 e. The zero-order valence-electron chi connectivity index (χ0n) is 13.5. The number of nitro benzene ring substituents is 2. The number of non-ortho nitro benzene ring substituents is 1. The summed E-state index contributed by atoms with van der Waals surface area (Å²) >= 11 is 1.02. The van der Waals surface area contributed by atoms with E-state index in [1.54, 1.807) is 0 Å². The maximum Gasteiger partial charge on any atom is 0.291 e. The second kappa shape index (κ2) is 6.25. The average molecular weight is 361 g/mol. The van der Waals surface area contributed by atoms with Crippen LogP contribution in [0.3, 0.4) is 0 Å². The molecule has 1 N–H and O–H groups in total. The van der Waals surface area contributed by atoms with E-state index in [1.807, 2.05) is 32.0 Å². The standard InChI is InChI=1S/C16H15N3O5S/c1-16(2)9-10-4-3-5-12(15(10)24-16)17-25-14-7-6-11(18(20)21)8-13(14)19(22)23/h3-8,17H,9H2,1-2H3. The first-order chi connectivity index (χ1) is 11.8. The topological polar surface area (TPSA) is 108 Å². The summed E-state index contributed by atoms with van der Waals surface area (Å²) in [5.74, 6) is 0.726. The van der Waals surface area contributed by atoms with Crippen molar-refractivity contribution in [1.29, 1.82) is 0 Å². The van der Waals surface area contributed by atoms with Crippen molar-refractivity contribution in [2.45, 2.75) is 30.8 Å². The molecule has 0 radical (unpaired) electrons. The quantitative estimate of drug-likeness (QED) is 0.479. The average Bonchev–Trinajstić information content (AvgIpc) is 2.86. The monoisotopic (exact) mass is 361 g/mol. The zero-order valence-corrected chi connectivity index (χ0v) is 14.3. The van der Waals surface area contributed by atoms with Crippen molar-refractivity contribution in [3.8, 4) is 5.75 Å². The molecule has 9 heteroatoms. The number of benzene rings is 2. The molecule has 2 aromatic carbocycles. The molecular weight excluding hydrogens is 346 g/mol. The number of para-hydroxylation sites is 1. The molecule has 0 saturated carbocycles. The van der Waals surface area contributed by atoms with Crippen LogP contribution in [0.2, 0.25) is 0 Å². The maximum atomic E-state index is 11.2. The van der Waals surface area contributed by atoms with Gasteiger partial charge in [-0.2, -0.15) is 0 Å². The van der Waals surface area contributed by atoms with Gasteiger partial charge < -0.3 is 9.46 Å². The molecule has 0 spiro atoms. The molecule has 0 aliphatic carbocycles. The van der Waals surface area contributed by atoms with E-state index < -0.39 is 9.85 Å². The molecule has 0 fully saturated rings. The number of anilines is 1. The number of ether oxygens (including phenoxy) is 1. The normalized spacial score (nSPS) is 14.5. The molecule has 0 amide bonds. The summed E-state index contributed by atoms with van der Waals surface area (Å²) in [5, 5.41) is 22.0. The molecule has 0 bridgehead atoms. The van der Waals surface area contributed by atoms with E-state index in [1.165, 1.54) is 12.1 Å². The minimum Gasteiger partial charge on any atom is -0.485 e. The molecule has 0 saturated heterocycles. The van der Waals surface area contributed by atoms with Crippen LogP contribution in [0.5, 0.6) is 5.75 Å². The number of rotatable bonds is 5. The lowest BCUT2D eigenvalue weighted by Crippen LogP contribution is -2.24. The van der Waals surface area contributed by atoms with Gasteiger partial charge in [0, 0.05) is 18.1 Å². The zero-order chi connectivity index (χ0) is 18.2. The third-order valence-corrected chi connectivity index (χ3v) is 4.60. The number of nitrogens with zero attached hydrogens (tertiary/aromatic N) is 2. The Labute approximate surface area is 147 Å². The molecule has 0 unspecified atom stereocenters. The van der Waals surface area contributed by atoms with E-state index in [2.05, 4.69) is 4.72 Å². The summed E-state index contributed by atoms with van der Waals surface area (Å²) in [6.07, 6.45) is 0.778. The predicted octanol–water partition coefficient (Wildman–Crippen LogP) is 4.34. The highest BCUT2D eigenvalue weighted by molar-refractivity contribution is 8.00. The Morgan fingerprint density at radius 1 is 1.16 bits per heavy atom. The van der Waals surface area contributed by atoms with Crippen LogP contribution in [0, 0.1) is 20.2 Å². The Kier molecular flexibility index (Phi) is 4.25. The van der Waals surface area contributed by atoms with E-state index in [-0.39, 0.29) is 21.9 Å². The molecule has 0 aromatic heterocycles. The van der Waals surface area contributed by atoms with Gasteiger partial charge in [0.15, 0.2) is 0 Å². The van der Waals surface area contributed by atoms with E-state index in [4.69, 9.17) is 4.74 Å². The maximum absolute atomic E-state index is 11.2. The van der Waals surface area contributed by atoms with Crippen molar-refractivity contribution in [2.75, 3.05) is 4.72 Å². The molecule has 1 aliphatic heterocycles. The van der Waals surface area contributed by atoms with Gasteiger partial charge in [-0.3, -0.25) is 20.2 Å². The predicted molar refractivity (Wildman–Crippen MR) is 94.1 cm³/mol. The van der Waals surface area contributed by atoms with E-state index >= 15 is 0 Å². The highest BCUT2D eigenvalue weighted by atomic mass is 32.2. The van der Waals surface area contributed by atoms with Gasteiger partial charge in [0.05, 0.1) is 21.6 Å². The van der Waals surface area contributed by atoms with Gasteiger partial charge in [0.25, 0.3) is 11.4 Å². The van der Waals surface area contributed by atoms with Crippen LogP contribution in [0.4, 0.5) is 17.1 Å². The summed E-state index contributed by atoms with van der Waals surface area (Å²) in [6.45, 7) is 3.98. The van der Waals surface area contributed by atoms with Gasteiger partial charge in [-0.05, 0) is 37.9 Å². The highest BCUT2D eigenvalue weighted by Crippen LogP contribution is 2.42. The molecule has 130 valence electrons. The van der Waals surface area contributed by atoms with Crippen molar-refractivity contribution in [3.63, 3.8) is 0 Å². The van der Waals surface area contributed by atoms with Gasteiger partial charge in [0.2, 0.25) is 0 Å². The third kappa shape index (κ3) is 3.50. The van der Waals surface area contributed by atoms with Gasteiger partial charge >= 0.3 is 0 Å². The minimum atomic E-state index is -0.658. The van der Waals surface area contributed by atoms with Crippen molar-refractivity contribution in [2.24, 2.45) is 0 Å². The SMILES string of the molecule is CC1(C)Cc2cccc(NSc3ccc([N+](=O)[O-])cc3[N+](=O)[O-])c2O1. The Bertz CT molecular complexity index is 869. The van der Waals surface area contributed by atoms with Crippen LogP contribution < -0.4 is 9.46 Å². The van der Waals surface area contributed by atoms with Crippen molar-refractivity contribution >= 4 is 29.0 Å². The van der Waals surface area contributed by atoms with E-state index in [0.717, 1.165) is 35.7 Å². The Balaban J connectivity index is 1.85. The fourth-order valence-corrected chi connectivity index (χ4v) is 3.41. The number of hydrogen-bond donors (Lipinski definition) is 1. The number of hydrogen-bond acceptors (Lipinski definition) is 7. The van der Waals surface area contributed by atoms with Crippen LogP contribution in [-0.2, 0) is 6.42 Å². The van der Waals surface area contributed by atoms with Crippen molar-refractivity contribution in [3.05, 3.63) is 62.2 Å². The molecular formula is C16H15N3O5S. The first kappa shape index (κ1) is 17.0. The number of nitro groups is 2. The summed E-state index contributed by atoms with van der Waals surface area (Å²) < 4.78 is 9.00. The van der Waals surface area contributed by atoms with E-state index in [9.17, 15) is 20.2 Å². The Hall–Kier alpha value is -2.81. The summed E-state index contributed by atoms with van der Waals surface area (Å²) in [6, 6.07) is 9.25. The summed E-state index contributed by atoms with van der Waals surface area (Å²) in [7, 11) is 0. The van der Waals surface area contributed by atoms with Gasteiger partial charge in [-0.1, -0.05) is 12.1 Å².